The predicted octanol–water partition coefficient (Wildman–Crippen LogP) is 3.23. The molecule has 0 saturated heterocycles. The number of rotatable bonds is 1. The molecule has 2 rings (SSSR count). The summed E-state index contributed by atoms with van der Waals surface area (Å²) in [6.45, 7) is 4.11. The monoisotopic (exact) mass is 188 g/mol. The summed E-state index contributed by atoms with van der Waals surface area (Å²) in [6, 6.07) is 9.27. The van der Waals surface area contributed by atoms with Crippen molar-refractivity contribution in [3.05, 3.63) is 40.9 Å². The van der Waals surface area contributed by atoms with Gasteiger partial charge in [0, 0.05) is 11.8 Å². The topological polar surface area (TPSA) is 12.9 Å². The molecule has 0 saturated carbocycles. The van der Waals surface area contributed by atoms with Gasteiger partial charge in [-0.3, -0.25) is 4.98 Å². The smallest absolute Gasteiger partial charge is 0.0813 e. The highest BCUT2D eigenvalue weighted by molar-refractivity contribution is 7.13. The van der Waals surface area contributed by atoms with Gasteiger partial charge in [-0.2, -0.15) is 0 Å². The Morgan fingerprint density at radius 2 is 2.15 bits per heavy atom. The van der Waals surface area contributed by atoms with E-state index in [1.54, 1.807) is 11.3 Å². The molecule has 0 unspecified atom stereocenters. The molecule has 2 aromatic heterocycles. The van der Waals surface area contributed by atoms with Gasteiger partial charge in [0.05, 0.1) is 10.6 Å². The minimum Gasteiger partial charge on any atom is -0.252 e. The molecule has 0 spiro atoms. The van der Waals surface area contributed by atoms with Crippen LogP contribution in [0, 0.1) is 19.9 Å². The molecule has 0 fully saturated rings. The van der Waals surface area contributed by atoms with Crippen LogP contribution in [0.5, 0.6) is 0 Å². The van der Waals surface area contributed by atoms with E-state index in [1.807, 2.05) is 18.4 Å². The van der Waals surface area contributed by atoms with Gasteiger partial charge in [0.1, 0.15) is 0 Å². The van der Waals surface area contributed by atoms with Gasteiger partial charge in [-0.25, -0.2) is 0 Å². The summed E-state index contributed by atoms with van der Waals surface area (Å²) in [5, 5.41) is 2.02. The van der Waals surface area contributed by atoms with E-state index in [2.05, 4.69) is 30.1 Å². The van der Waals surface area contributed by atoms with Crippen LogP contribution in [0.2, 0.25) is 0 Å². The average Bonchev–Trinajstić information content (AvgIpc) is 2.53. The van der Waals surface area contributed by atoms with Gasteiger partial charge >= 0.3 is 0 Å². The third-order valence-electron chi connectivity index (χ3n) is 1.80. The molecule has 1 nitrogen and oxygen atoms in total. The third kappa shape index (κ3) is 1.78. The zero-order chi connectivity index (χ0) is 9.26. The number of hydrogen-bond donors (Lipinski definition) is 0. The first-order valence-electron chi connectivity index (χ1n) is 4.16. The van der Waals surface area contributed by atoms with Gasteiger partial charge in [0.15, 0.2) is 0 Å². The van der Waals surface area contributed by atoms with Crippen LogP contribution in [-0.2, 0) is 0 Å². The van der Waals surface area contributed by atoms with Crippen molar-refractivity contribution in [3.63, 3.8) is 0 Å². The fourth-order valence-electron chi connectivity index (χ4n) is 1.34. The zero-order valence-corrected chi connectivity index (χ0v) is 8.48. The predicted molar refractivity (Wildman–Crippen MR) is 55.9 cm³/mol. The Kier molecular flexibility index (Phi) is 2.15. The minimum atomic E-state index is 1.03. The molecule has 0 atom stereocenters. The molecule has 0 aliphatic rings. The molecule has 0 aliphatic heterocycles. The van der Waals surface area contributed by atoms with E-state index in [9.17, 15) is 0 Å². The molecule has 2 heteroatoms. The van der Waals surface area contributed by atoms with E-state index in [4.69, 9.17) is 0 Å². The van der Waals surface area contributed by atoms with E-state index >= 15 is 0 Å². The van der Waals surface area contributed by atoms with Crippen LogP contribution in [-0.4, -0.2) is 4.98 Å². The highest BCUT2D eigenvalue weighted by Gasteiger charge is 2.01. The van der Waals surface area contributed by atoms with Crippen molar-refractivity contribution in [1.82, 2.24) is 4.98 Å². The largest absolute Gasteiger partial charge is 0.252 e. The first-order valence-corrected chi connectivity index (χ1v) is 5.04. The second-order valence-electron chi connectivity index (χ2n) is 3.07. The summed E-state index contributed by atoms with van der Waals surface area (Å²) in [7, 11) is 0. The Morgan fingerprint density at radius 1 is 1.31 bits per heavy atom. The maximum atomic E-state index is 4.46. The Balaban J connectivity index is 2.53. The highest BCUT2D eigenvalue weighted by Crippen LogP contribution is 2.22. The lowest BCUT2D eigenvalue weighted by Crippen LogP contribution is -1.86. The van der Waals surface area contributed by atoms with E-state index < -0.39 is 0 Å². The highest BCUT2D eigenvalue weighted by atomic mass is 32.1. The summed E-state index contributed by atoms with van der Waals surface area (Å²) in [5.74, 6) is 0. The van der Waals surface area contributed by atoms with Crippen LogP contribution in [0.4, 0.5) is 0 Å². The first-order chi connectivity index (χ1) is 6.25. The van der Waals surface area contributed by atoms with Crippen molar-refractivity contribution in [1.29, 1.82) is 0 Å². The van der Waals surface area contributed by atoms with Crippen LogP contribution in [0.15, 0.2) is 23.6 Å². The summed E-state index contributed by atoms with van der Waals surface area (Å²) in [5.41, 5.74) is 3.36. The third-order valence-corrected chi connectivity index (χ3v) is 2.63. The van der Waals surface area contributed by atoms with Gasteiger partial charge in [0.25, 0.3) is 0 Å². The molecule has 0 N–H and O–H groups in total. The van der Waals surface area contributed by atoms with Crippen molar-refractivity contribution in [3.8, 4) is 10.6 Å². The average molecular weight is 188 g/mol. The second kappa shape index (κ2) is 3.30. The molecule has 2 heterocycles. The van der Waals surface area contributed by atoms with Crippen molar-refractivity contribution in [2.75, 3.05) is 0 Å². The molecule has 65 valence electrons. The maximum Gasteiger partial charge on any atom is 0.0813 e. The van der Waals surface area contributed by atoms with E-state index in [0.717, 1.165) is 16.3 Å². The van der Waals surface area contributed by atoms with Crippen LogP contribution in [0.1, 0.15) is 11.3 Å². The first kappa shape index (κ1) is 8.45. The summed E-state index contributed by atoms with van der Waals surface area (Å²) in [4.78, 5) is 5.57. The number of pyridine rings is 1. The van der Waals surface area contributed by atoms with Crippen LogP contribution >= 0.6 is 11.3 Å². The Labute approximate surface area is 82.1 Å². The molecular weight excluding hydrogens is 178 g/mol. The van der Waals surface area contributed by atoms with Gasteiger partial charge in [-0.15, -0.1) is 11.3 Å². The lowest BCUT2D eigenvalue weighted by Gasteiger charge is -2.00. The molecular formula is C11H10NS. The molecule has 0 bridgehead atoms. The van der Waals surface area contributed by atoms with Gasteiger partial charge in [-0.1, -0.05) is 0 Å². The second-order valence-corrected chi connectivity index (χ2v) is 3.98. The fraction of sp³-hybridized carbons (Fsp3) is 0.182. The van der Waals surface area contributed by atoms with Gasteiger partial charge in [0.2, 0.25) is 0 Å². The Hall–Kier alpha value is -1.15. The van der Waals surface area contributed by atoms with Crippen molar-refractivity contribution in [2.24, 2.45) is 0 Å². The van der Waals surface area contributed by atoms with E-state index in [-0.39, 0.29) is 0 Å². The SMILES string of the molecule is Cc1cc(C)nc(-c2[c]ccs2)c1. The standard InChI is InChI=1S/C11H10NS/c1-8-6-9(2)12-10(7-8)11-4-3-5-13-11/h3,5-7H,1-2H3. The number of nitrogens with zero attached hydrogens (tertiary/aromatic N) is 1. The molecule has 13 heavy (non-hydrogen) atoms. The van der Waals surface area contributed by atoms with Crippen LogP contribution < -0.4 is 0 Å². The number of aryl methyl sites for hydroxylation is 2. The zero-order valence-electron chi connectivity index (χ0n) is 7.66. The Bertz CT molecular complexity index is 384. The minimum absolute atomic E-state index is 1.03. The quantitative estimate of drug-likeness (QED) is 0.669. The van der Waals surface area contributed by atoms with Gasteiger partial charge in [-0.05, 0) is 43.0 Å². The van der Waals surface area contributed by atoms with Crippen LogP contribution in [0.3, 0.4) is 0 Å². The lowest BCUT2D eigenvalue weighted by molar-refractivity contribution is 1.19. The number of aromatic nitrogens is 1. The lowest BCUT2D eigenvalue weighted by atomic mass is 10.2. The molecule has 1 radical (unpaired) electrons. The summed E-state index contributed by atoms with van der Waals surface area (Å²) >= 11 is 1.68. The normalized spacial score (nSPS) is 10.3. The van der Waals surface area contributed by atoms with Crippen molar-refractivity contribution in [2.45, 2.75) is 13.8 Å². The summed E-state index contributed by atoms with van der Waals surface area (Å²) < 4.78 is 0. The van der Waals surface area contributed by atoms with E-state index in [0.29, 0.717) is 0 Å². The maximum absolute atomic E-state index is 4.46. The Morgan fingerprint density at radius 3 is 2.77 bits per heavy atom. The van der Waals surface area contributed by atoms with Crippen molar-refractivity contribution < 1.29 is 0 Å². The molecule has 0 aliphatic carbocycles. The van der Waals surface area contributed by atoms with E-state index in [1.165, 1.54) is 5.56 Å². The molecule has 2 aromatic rings. The number of hydrogen-bond acceptors (Lipinski definition) is 2. The summed E-state index contributed by atoms with van der Waals surface area (Å²) in [6.07, 6.45) is 0. The van der Waals surface area contributed by atoms with Crippen LogP contribution in [0.25, 0.3) is 10.6 Å². The molecule has 0 aromatic carbocycles. The van der Waals surface area contributed by atoms with Crippen molar-refractivity contribution >= 4 is 11.3 Å². The number of thiophene rings is 1. The van der Waals surface area contributed by atoms with Gasteiger partial charge < -0.3 is 0 Å². The fourth-order valence-corrected chi connectivity index (χ4v) is 1.97. The molecule has 0 amide bonds.